The summed E-state index contributed by atoms with van der Waals surface area (Å²) < 4.78 is 2.40. The predicted octanol–water partition coefficient (Wildman–Crippen LogP) is 14.5. The first-order valence-corrected chi connectivity index (χ1v) is 19.8. The van der Waals surface area contributed by atoms with Gasteiger partial charge in [-0.2, -0.15) is 0 Å². The van der Waals surface area contributed by atoms with Crippen LogP contribution in [0.25, 0.3) is 60.9 Å². The summed E-state index contributed by atoms with van der Waals surface area (Å²) in [6, 6.07) is 67.5. The van der Waals surface area contributed by atoms with Crippen LogP contribution < -0.4 is 4.90 Å². The average molecular weight is 719 g/mol. The third-order valence-electron chi connectivity index (χ3n) is 12.8. The van der Waals surface area contributed by atoms with Crippen molar-refractivity contribution < 1.29 is 0 Å². The third-order valence-corrected chi connectivity index (χ3v) is 12.8. The Hall–Kier alpha value is -6.64. The maximum atomic E-state index is 2.53. The van der Waals surface area contributed by atoms with E-state index in [-0.39, 0.29) is 10.8 Å². The molecule has 2 aliphatic carbocycles. The highest BCUT2D eigenvalue weighted by Crippen LogP contribution is 2.58. The van der Waals surface area contributed by atoms with Gasteiger partial charge in [-0.25, -0.2) is 0 Å². The minimum absolute atomic E-state index is 0.105. The molecule has 2 nitrogen and oxygen atoms in total. The van der Waals surface area contributed by atoms with Crippen molar-refractivity contribution in [2.45, 2.75) is 38.5 Å². The van der Waals surface area contributed by atoms with Gasteiger partial charge in [-0.1, -0.05) is 161 Å². The number of benzene rings is 8. The third kappa shape index (κ3) is 4.56. The van der Waals surface area contributed by atoms with Gasteiger partial charge in [-0.15, -0.1) is 0 Å². The van der Waals surface area contributed by atoms with Gasteiger partial charge in [0.15, 0.2) is 0 Å². The fourth-order valence-corrected chi connectivity index (χ4v) is 10.1. The van der Waals surface area contributed by atoms with Crippen molar-refractivity contribution in [1.82, 2.24) is 4.57 Å². The van der Waals surface area contributed by atoms with Crippen LogP contribution in [0, 0.1) is 0 Å². The second kappa shape index (κ2) is 11.9. The summed E-state index contributed by atoms with van der Waals surface area (Å²) in [6.07, 6.45) is 0. The van der Waals surface area contributed by atoms with Gasteiger partial charge in [-0.05, 0) is 93.0 Å². The van der Waals surface area contributed by atoms with Crippen molar-refractivity contribution in [2.24, 2.45) is 0 Å². The molecule has 0 bridgehead atoms. The van der Waals surface area contributed by atoms with E-state index in [0.717, 1.165) is 11.4 Å². The molecule has 56 heavy (non-hydrogen) atoms. The molecule has 11 rings (SSSR count). The van der Waals surface area contributed by atoms with Gasteiger partial charge in [-0.3, -0.25) is 0 Å². The van der Waals surface area contributed by atoms with Crippen molar-refractivity contribution in [3.05, 3.63) is 204 Å². The van der Waals surface area contributed by atoms with E-state index in [4.69, 9.17) is 0 Å². The van der Waals surface area contributed by atoms with Crippen LogP contribution in [0.4, 0.5) is 17.1 Å². The van der Waals surface area contributed by atoms with Gasteiger partial charge in [0.25, 0.3) is 0 Å². The molecular formula is C54H42N2. The Morgan fingerprint density at radius 3 is 1.41 bits per heavy atom. The van der Waals surface area contributed by atoms with E-state index in [9.17, 15) is 0 Å². The van der Waals surface area contributed by atoms with Crippen molar-refractivity contribution in [3.63, 3.8) is 0 Å². The van der Waals surface area contributed by atoms with Crippen LogP contribution in [0.1, 0.15) is 49.9 Å². The zero-order chi connectivity index (χ0) is 37.8. The fourth-order valence-electron chi connectivity index (χ4n) is 10.1. The molecule has 1 heterocycles. The number of anilines is 3. The number of hydrogen-bond donors (Lipinski definition) is 0. The van der Waals surface area contributed by atoms with Gasteiger partial charge in [0.1, 0.15) is 0 Å². The Balaban J connectivity index is 1.10. The number of fused-ring (bicyclic) bond motifs is 9. The Bertz CT molecular complexity index is 2870. The van der Waals surface area contributed by atoms with Crippen molar-refractivity contribution in [3.8, 4) is 39.1 Å². The van der Waals surface area contributed by atoms with Crippen LogP contribution in [-0.4, -0.2) is 4.57 Å². The number of rotatable bonds is 5. The van der Waals surface area contributed by atoms with Crippen molar-refractivity contribution in [1.29, 1.82) is 0 Å². The zero-order valence-corrected chi connectivity index (χ0v) is 32.2. The van der Waals surface area contributed by atoms with Crippen LogP contribution >= 0.6 is 0 Å². The maximum absolute atomic E-state index is 2.53. The molecule has 0 atom stereocenters. The van der Waals surface area contributed by atoms with E-state index < -0.39 is 0 Å². The summed E-state index contributed by atoms with van der Waals surface area (Å²) in [7, 11) is 0. The normalized spacial score (nSPS) is 14.4. The average Bonchev–Trinajstić information content (AvgIpc) is 3.79. The van der Waals surface area contributed by atoms with E-state index in [1.807, 2.05) is 0 Å². The molecule has 0 unspecified atom stereocenters. The lowest BCUT2D eigenvalue weighted by Gasteiger charge is -2.31. The van der Waals surface area contributed by atoms with Gasteiger partial charge < -0.3 is 9.47 Å². The summed E-state index contributed by atoms with van der Waals surface area (Å²) >= 11 is 0. The van der Waals surface area contributed by atoms with E-state index in [0.29, 0.717) is 0 Å². The summed E-state index contributed by atoms with van der Waals surface area (Å²) in [5.41, 5.74) is 20.1. The Morgan fingerprint density at radius 1 is 0.393 bits per heavy atom. The summed E-state index contributed by atoms with van der Waals surface area (Å²) in [4.78, 5) is 2.53. The monoisotopic (exact) mass is 718 g/mol. The molecule has 2 heteroatoms. The van der Waals surface area contributed by atoms with E-state index in [1.54, 1.807) is 0 Å². The molecule has 0 saturated heterocycles. The highest BCUT2D eigenvalue weighted by molar-refractivity contribution is 6.09. The van der Waals surface area contributed by atoms with E-state index >= 15 is 0 Å². The first-order valence-electron chi connectivity index (χ1n) is 19.8. The highest BCUT2D eigenvalue weighted by atomic mass is 15.1. The number of aromatic nitrogens is 1. The molecule has 0 aliphatic heterocycles. The number of hydrogen-bond acceptors (Lipinski definition) is 1. The lowest BCUT2D eigenvalue weighted by atomic mass is 9.82. The fraction of sp³-hybridized carbons (Fsp3) is 0.111. The Morgan fingerprint density at radius 2 is 0.857 bits per heavy atom. The minimum atomic E-state index is -0.105. The summed E-state index contributed by atoms with van der Waals surface area (Å²) in [5, 5.41) is 2.55. The lowest BCUT2D eigenvalue weighted by Crippen LogP contribution is -2.17. The van der Waals surface area contributed by atoms with Crippen molar-refractivity contribution in [2.75, 3.05) is 4.90 Å². The van der Waals surface area contributed by atoms with Crippen molar-refractivity contribution >= 4 is 38.9 Å². The van der Waals surface area contributed by atoms with E-state index in [1.165, 1.54) is 88.8 Å². The van der Waals surface area contributed by atoms with Crippen LogP contribution in [-0.2, 0) is 10.8 Å². The van der Waals surface area contributed by atoms with Gasteiger partial charge >= 0.3 is 0 Å². The minimum Gasteiger partial charge on any atom is -0.309 e. The Labute approximate surface area is 328 Å². The van der Waals surface area contributed by atoms with Crippen LogP contribution in [0.3, 0.4) is 0 Å². The molecule has 8 aromatic carbocycles. The second-order valence-electron chi connectivity index (χ2n) is 16.5. The Kier molecular flexibility index (Phi) is 6.98. The summed E-state index contributed by atoms with van der Waals surface area (Å²) in [6.45, 7) is 9.47. The van der Waals surface area contributed by atoms with E-state index in [2.05, 4.69) is 219 Å². The lowest BCUT2D eigenvalue weighted by molar-refractivity contribution is 0.660. The molecular weight excluding hydrogens is 677 g/mol. The topological polar surface area (TPSA) is 8.17 Å². The van der Waals surface area contributed by atoms with Gasteiger partial charge in [0.05, 0.1) is 22.4 Å². The molecule has 0 radical (unpaired) electrons. The highest BCUT2D eigenvalue weighted by Gasteiger charge is 2.40. The standard InChI is InChI=1S/C54H42N2/c1-53(2)43-22-9-5-20-41(43)51-45(53)24-14-28-49(51)55(50-29-15-25-46-52(50)42-21-6-10-23-44(42)54(46,3)4)37-32-30-35(31-33-37)36-16-13-17-38(34-36)56-47-26-11-7-18-39(47)40-19-8-12-27-48(40)56/h5-34H,1-4H3. The second-order valence-corrected chi connectivity index (χ2v) is 16.5. The molecule has 0 amide bonds. The number of para-hydroxylation sites is 2. The quantitative estimate of drug-likeness (QED) is 0.172. The molecule has 0 fully saturated rings. The first-order chi connectivity index (χ1) is 27.3. The molecule has 0 spiro atoms. The molecule has 1 aromatic heterocycles. The predicted molar refractivity (Wildman–Crippen MR) is 236 cm³/mol. The molecule has 9 aromatic rings. The largest absolute Gasteiger partial charge is 0.309 e. The van der Waals surface area contributed by atoms with Crippen LogP contribution in [0.5, 0.6) is 0 Å². The van der Waals surface area contributed by atoms with Gasteiger partial charge in [0.2, 0.25) is 0 Å². The molecule has 0 saturated carbocycles. The molecule has 0 N–H and O–H groups in total. The zero-order valence-electron chi connectivity index (χ0n) is 32.2. The molecule has 2 aliphatic rings. The first kappa shape index (κ1) is 32.8. The maximum Gasteiger partial charge on any atom is 0.0543 e. The summed E-state index contributed by atoms with van der Waals surface area (Å²) in [5.74, 6) is 0. The SMILES string of the molecule is CC1(C)c2ccccc2-c2c(N(c3ccc(-c4cccc(-n5c6ccccc6c6ccccc65)c4)cc3)c3cccc4c3-c3ccccc3C4(C)C)cccc21. The molecule has 268 valence electrons. The van der Waals surface area contributed by atoms with Crippen LogP contribution in [0.2, 0.25) is 0 Å². The van der Waals surface area contributed by atoms with Crippen LogP contribution in [0.15, 0.2) is 182 Å². The van der Waals surface area contributed by atoms with Gasteiger partial charge in [0, 0.05) is 44.1 Å². The number of nitrogens with zero attached hydrogens (tertiary/aromatic N) is 2. The smallest absolute Gasteiger partial charge is 0.0543 e.